The van der Waals surface area contributed by atoms with Crippen LogP contribution in [0, 0.1) is 0 Å². The molecular formula is C9H8N2O. The Balaban J connectivity index is 2.15. The SMILES string of the molecule is c1cc(Oc2cc[nH]c2)ccn1. The molecule has 0 spiro atoms. The van der Waals surface area contributed by atoms with Crippen molar-refractivity contribution in [1.82, 2.24) is 9.97 Å². The van der Waals surface area contributed by atoms with Crippen LogP contribution in [0.3, 0.4) is 0 Å². The Morgan fingerprint density at radius 2 is 1.92 bits per heavy atom. The molecule has 0 aliphatic rings. The van der Waals surface area contributed by atoms with Crippen molar-refractivity contribution in [3.8, 4) is 11.5 Å². The number of ether oxygens (including phenoxy) is 1. The topological polar surface area (TPSA) is 37.9 Å². The van der Waals surface area contributed by atoms with Crippen LogP contribution in [0.5, 0.6) is 11.5 Å². The molecule has 0 aliphatic heterocycles. The summed E-state index contributed by atoms with van der Waals surface area (Å²) in [5.74, 6) is 1.60. The molecule has 60 valence electrons. The first-order chi connectivity index (χ1) is 5.95. The van der Waals surface area contributed by atoms with E-state index in [1.807, 2.05) is 24.4 Å². The summed E-state index contributed by atoms with van der Waals surface area (Å²) in [5.41, 5.74) is 0. The summed E-state index contributed by atoms with van der Waals surface area (Å²) in [6.07, 6.45) is 7.00. The third kappa shape index (κ3) is 1.45. The van der Waals surface area contributed by atoms with Crippen LogP contribution in [0.4, 0.5) is 0 Å². The van der Waals surface area contributed by atoms with E-state index >= 15 is 0 Å². The Hall–Kier alpha value is -1.77. The van der Waals surface area contributed by atoms with Crippen molar-refractivity contribution in [2.75, 3.05) is 0 Å². The summed E-state index contributed by atoms with van der Waals surface area (Å²) in [7, 11) is 0. The Kier molecular flexibility index (Phi) is 1.78. The van der Waals surface area contributed by atoms with Gasteiger partial charge in [0.15, 0.2) is 0 Å². The molecule has 1 N–H and O–H groups in total. The highest BCUT2D eigenvalue weighted by Crippen LogP contribution is 2.18. The quantitative estimate of drug-likeness (QED) is 0.731. The van der Waals surface area contributed by atoms with E-state index < -0.39 is 0 Å². The summed E-state index contributed by atoms with van der Waals surface area (Å²) < 4.78 is 5.45. The van der Waals surface area contributed by atoms with Gasteiger partial charge in [-0.25, -0.2) is 0 Å². The van der Waals surface area contributed by atoms with E-state index in [1.165, 1.54) is 0 Å². The number of H-pyrrole nitrogens is 1. The van der Waals surface area contributed by atoms with Gasteiger partial charge in [-0.2, -0.15) is 0 Å². The van der Waals surface area contributed by atoms with E-state index in [9.17, 15) is 0 Å². The fourth-order valence-corrected chi connectivity index (χ4v) is 0.914. The molecule has 0 aromatic carbocycles. The molecule has 0 bridgehead atoms. The lowest BCUT2D eigenvalue weighted by Crippen LogP contribution is -1.80. The molecular weight excluding hydrogens is 152 g/mol. The van der Waals surface area contributed by atoms with Crippen molar-refractivity contribution < 1.29 is 4.74 Å². The highest BCUT2D eigenvalue weighted by molar-refractivity contribution is 5.26. The third-order valence-electron chi connectivity index (χ3n) is 1.45. The minimum Gasteiger partial charge on any atom is -0.456 e. The zero-order valence-electron chi connectivity index (χ0n) is 6.40. The molecule has 3 nitrogen and oxygen atoms in total. The van der Waals surface area contributed by atoms with Crippen LogP contribution in [0.15, 0.2) is 43.0 Å². The number of rotatable bonds is 2. The maximum absolute atomic E-state index is 5.45. The predicted molar refractivity (Wildman–Crippen MR) is 45.1 cm³/mol. The number of aromatic nitrogens is 2. The van der Waals surface area contributed by atoms with Gasteiger partial charge in [0, 0.05) is 24.8 Å². The summed E-state index contributed by atoms with van der Waals surface area (Å²) in [5, 5.41) is 0. The molecule has 12 heavy (non-hydrogen) atoms. The number of hydrogen-bond acceptors (Lipinski definition) is 2. The Labute approximate surface area is 70.0 Å². The number of aromatic amines is 1. The van der Waals surface area contributed by atoms with E-state index in [1.54, 1.807) is 18.6 Å². The third-order valence-corrected chi connectivity index (χ3v) is 1.45. The summed E-state index contributed by atoms with van der Waals surface area (Å²) in [6, 6.07) is 5.49. The molecule has 0 amide bonds. The molecule has 0 saturated heterocycles. The average molecular weight is 160 g/mol. The zero-order chi connectivity index (χ0) is 8.23. The number of nitrogens with one attached hydrogen (secondary N) is 1. The van der Waals surface area contributed by atoms with Crippen molar-refractivity contribution >= 4 is 0 Å². The second-order valence-corrected chi connectivity index (χ2v) is 2.33. The van der Waals surface area contributed by atoms with Crippen LogP contribution in [0.25, 0.3) is 0 Å². The van der Waals surface area contributed by atoms with Gasteiger partial charge in [-0.15, -0.1) is 0 Å². The molecule has 3 heteroatoms. The van der Waals surface area contributed by atoms with Crippen LogP contribution in [-0.4, -0.2) is 9.97 Å². The zero-order valence-corrected chi connectivity index (χ0v) is 6.40. The van der Waals surface area contributed by atoms with Gasteiger partial charge in [0.25, 0.3) is 0 Å². The monoisotopic (exact) mass is 160 g/mol. The fraction of sp³-hybridized carbons (Fsp3) is 0. The normalized spacial score (nSPS) is 9.67. The molecule has 2 aromatic rings. The van der Waals surface area contributed by atoms with Crippen LogP contribution in [0.1, 0.15) is 0 Å². The van der Waals surface area contributed by atoms with Crippen molar-refractivity contribution in [1.29, 1.82) is 0 Å². The molecule has 2 heterocycles. The van der Waals surface area contributed by atoms with E-state index in [2.05, 4.69) is 9.97 Å². The molecule has 0 unspecified atom stereocenters. The maximum Gasteiger partial charge on any atom is 0.144 e. The van der Waals surface area contributed by atoms with Gasteiger partial charge in [-0.1, -0.05) is 0 Å². The van der Waals surface area contributed by atoms with E-state index in [0.717, 1.165) is 11.5 Å². The molecule has 0 atom stereocenters. The first kappa shape index (κ1) is 6.91. The second kappa shape index (κ2) is 3.09. The van der Waals surface area contributed by atoms with E-state index in [0.29, 0.717) is 0 Å². The molecule has 2 rings (SSSR count). The molecule has 0 saturated carbocycles. The predicted octanol–water partition coefficient (Wildman–Crippen LogP) is 2.20. The lowest BCUT2D eigenvalue weighted by Gasteiger charge is -2.00. The van der Waals surface area contributed by atoms with Gasteiger partial charge < -0.3 is 9.72 Å². The van der Waals surface area contributed by atoms with Crippen molar-refractivity contribution in [2.24, 2.45) is 0 Å². The van der Waals surface area contributed by atoms with Crippen molar-refractivity contribution in [3.63, 3.8) is 0 Å². The lowest BCUT2D eigenvalue weighted by atomic mass is 10.4. The molecule has 0 fully saturated rings. The summed E-state index contributed by atoms with van der Waals surface area (Å²) in [6.45, 7) is 0. The molecule has 0 radical (unpaired) electrons. The van der Waals surface area contributed by atoms with Crippen molar-refractivity contribution in [3.05, 3.63) is 43.0 Å². The number of hydrogen-bond donors (Lipinski definition) is 1. The highest BCUT2D eigenvalue weighted by Gasteiger charge is 1.94. The minimum absolute atomic E-state index is 0.796. The Bertz CT molecular complexity index is 329. The van der Waals surface area contributed by atoms with Gasteiger partial charge >= 0.3 is 0 Å². The first-order valence-corrected chi connectivity index (χ1v) is 3.66. The average Bonchev–Trinajstić information content (AvgIpc) is 2.59. The maximum atomic E-state index is 5.45. The standard InChI is InChI=1S/C9H8N2O/c1-4-10-5-2-8(1)12-9-3-6-11-7-9/h1-7,11H. The van der Waals surface area contributed by atoms with Gasteiger partial charge in [0.2, 0.25) is 0 Å². The lowest BCUT2D eigenvalue weighted by molar-refractivity contribution is 0.483. The number of nitrogens with zero attached hydrogens (tertiary/aromatic N) is 1. The van der Waals surface area contributed by atoms with E-state index in [-0.39, 0.29) is 0 Å². The smallest absolute Gasteiger partial charge is 0.144 e. The summed E-state index contributed by atoms with van der Waals surface area (Å²) in [4.78, 5) is 6.80. The van der Waals surface area contributed by atoms with Crippen LogP contribution in [-0.2, 0) is 0 Å². The largest absolute Gasteiger partial charge is 0.456 e. The molecule has 2 aromatic heterocycles. The Morgan fingerprint density at radius 1 is 1.08 bits per heavy atom. The van der Waals surface area contributed by atoms with Crippen LogP contribution in [0.2, 0.25) is 0 Å². The minimum atomic E-state index is 0.796. The van der Waals surface area contributed by atoms with Gasteiger partial charge in [0.05, 0.1) is 0 Å². The summed E-state index contributed by atoms with van der Waals surface area (Å²) >= 11 is 0. The first-order valence-electron chi connectivity index (χ1n) is 3.66. The van der Waals surface area contributed by atoms with Gasteiger partial charge in [0.1, 0.15) is 11.5 Å². The fourth-order valence-electron chi connectivity index (χ4n) is 0.914. The van der Waals surface area contributed by atoms with Gasteiger partial charge in [-0.3, -0.25) is 4.98 Å². The second-order valence-electron chi connectivity index (χ2n) is 2.33. The van der Waals surface area contributed by atoms with Crippen LogP contribution >= 0.6 is 0 Å². The Morgan fingerprint density at radius 3 is 2.58 bits per heavy atom. The molecule has 0 aliphatic carbocycles. The number of pyridine rings is 1. The van der Waals surface area contributed by atoms with Crippen LogP contribution < -0.4 is 4.74 Å². The van der Waals surface area contributed by atoms with E-state index in [4.69, 9.17) is 4.74 Å². The van der Waals surface area contributed by atoms with Gasteiger partial charge in [-0.05, 0) is 18.2 Å². The van der Waals surface area contributed by atoms with Crippen molar-refractivity contribution in [2.45, 2.75) is 0 Å². The highest BCUT2D eigenvalue weighted by atomic mass is 16.5.